The third-order valence-electron chi connectivity index (χ3n) is 15.4. The Morgan fingerprint density at radius 1 is 0.406 bits per heavy atom. The molecular formula is C58H110N28O15. The first-order valence-electron chi connectivity index (χ1n) is 33.3. The number of carbonyl (C=O) groups excluding carboxylic acids is 10. The Morgan fingerprint density at radius 3 is 0.950 bits per heavy atom. The summed E-state index contributed by atoms with van der Waals surface area (Å²) >= 11 is 0. The first kappa shape index (κ1) is 88.8. The normalized spacial score (nSPS) is 15.3. The molecule has 43 heteroatoms. The predicted octanol–water partition coefficient (Wildman–Crippen LogP) is -10.8. The molecule has 0 aromatic carbocycles. The summed E-state index contributed by atoms with van der Waals surface area (Å²) in [5.41, 5.74) is 72.9. The van der Waals surface area contributed by atoms with Crippen molar-refractivity contribution in [2.45, 2.75) is 202 Å². The number of nitrogens with zero attached hydrogens (tertiary/aromatic N) is 6. The van der Waals surface area contributed by atoms with Crippen LogP contribution in [-0.4, -0.2) is 246 Å². The van der Waals surface area contributed by atoms with Crippen LogP contribution in [0.2, 0.25) is 0 Å². The summed E-state index contributed by atoms with van der Waals surface area (Å²) < 4.78 is 0. The molecule has 1 aliphatic rings. The Balaban J connectivity index is 3.92. The zero-order valence-electron chi connectivity index (χ0n) is 57.3. The maximum atomic E-state index is 14.8. The van der Waals surface area contributed by atoms with E-state index in [9.17, 15) is 72.9 Å². The van der Waals surface area contributed by atoms with Crippen LogP contribution in [-0.2, 0) is 57.5 Å². The number of nitrogens with two attached hydrogens (primary N) is 13. The van der Waals surface area contributed by atoms with Gasteiger partial charge < -0.3 is 143 Å². The van der Waals surface area contributed by atoms with E-state index in [1.807, 2.05) is 0 Å². The van der Waals surface area contributed by atoms with Crippen LogP contribution in [0.5, 0.6) is 0 Å². The van der Waals surface area contributed by atoms with E-state index in [-0.39, 0.29) is 178 Å². The molecule has 101 heavy (non-hydrogen) atoms. The average Bonchev–Trinajstić information content (AvgIpc) is 1.77. The molecule has 38 N–H and O–H groups in total. The monoisotopic (exact) mass is 1440 g/mol. The van der Waals surface area contributed by atoms with E-state index >= 15 is 0 Å². The summed E-state index contributed by atoms with van der Waals surface area (Å²) in [6, 6.07) is -14.6. The number of hydrogen-bond acceptors (Lipinski definition) is 21. The number of nitrogens with one attached hydrogen (secondary N) is 9. The lowest BCUT2D eigenvalue weighted by Crippen LogP contribution is -2.60. The van der Waals surface area contributed by atoms with Gasteiger partial charge in [-0.2, -0.15) is 0 Å². The van der Waals surface area contributed by atoms with Crippen molar-refractivity contribution >= 4 is 101 Å². The smallest absolute Gasteiger partial charge is 0.322 e. The largest absolute Gasteiger partial charge is 0.481 e. The number of aliphatic carboxylic acids is 2. The van der Waals surface area contributed by atoms with Gasteiger partial charge in [0.1, 0.15) is 67.0 Å². The fourth-order valence-electron chi connectivity index (χ4n) is 10.1. The number of likely N-dealkylation sites (tertiary alicyclic amines) is 1. The van der Waals surface area contributed by atoms with Crippen LogP contribution >= 0.6 is 0 Å². The van der Waals surface area contributed by atoms with Gasteiger partial charge in [0.15, 0.2) is 29.8 Å². The fraction of sp³-hybridized carbons (Fsp3) is 0.707. The molecule has 1 heterocycles. The molecule has 1 rings (SSSR count). The minimum Gasteiger partial charge on any atom is -0.481 e. The molecule has 1 fully saturated rings. The first-order valence-corrected chi connectivity index (χ1v) is 33.3. The van der Waals surface area contributed by atoms with Gasteiger partial charge >= 0.3 is 11.9 Å². The van der Waals surface area contributed by atoms with Crippen molar-refractivity contribution < 1.29 is 72.9 Å². The molecule has 0 aliphatic carbocycles. The van der Waals surface area contributed by atoms with Crippen molar-refractivity contribution in [3.8, 4) is 0 Å². The summed E-state index contributed by atoms with van der Waals surface area (Å²) in [7, 11) is 0. The Hall–Kier alpha value is -10.2. The van der Waals surface area contributed by atoms with Gasteiger partial charge in [-0.15, -0.1) is 0 Å². The molecule has 1 aliphatic heterocycles. The molecule has 0 spiro atoms. The van der Waals surface area contributed by atoms with Crippen molar-refractivity contribution in [2.24, 2.45) is 99.5 Å². The van der Waals surface area contributed by atoms with Crippen molar-refractivity contribution in [1.29, 1.82) is 0 Å². The summed E-state index contributed by atoms with van der Waals surface area (Å²) in [6.45, 7) is 0.715. The van der Waals surface area contributed by atoms with Crippen LogP contribution in [0, 0.1) is 0 Å². The maximum absolute atomic E-state index is 14.8. The highest BCUT2D eigenvalue weighted by Crippen LogP contribution is 2.20. The lowest BCUT2D eigenvalue weighted by Gasteiger charge is -2.30. The first-order chi connectivity index (χ1) is 47.7. The molecule has 0 radical (unpaired) electrons. The number of amides is 10. The quantitative estimate of drug-likeness (QED) is 0.0153. The number of aliphatic imine (C=N–C) groups is 5. The minimum absolute atomic E-state index is 0.00822. The second-order valence-electron chi connectivity index (χ2n) is 23.8. The van der Waals surface area contributed by atoms with Crippen molar-refractivity contribution in [2.75, 3.05) is 58.9 Å². The number of carboxylic acid groups (broad SMARTS) is 2. The molecule has 0 unspecified atom stereocenters. The standard InChI is InChI=1S/C58H110N28O15/c1-31(87)43(61)53(101)86-29-11-19-40(86)52(100)85-38(18-10-28-76-58(70)71)50(98)84-39(20-21-41(88)89)51(99)83-37(17-9-27-75-57(68)69)49(97)82-36(16-8-26-74-56(66)67)48(96)81-35(15-7-25-73-55(64)65)47(95)80-34(13-3-5-23-60)46(94)79-33(12-2-4-22-59)45(93)78-32(14-6-24-72-54(62)63)44(92)77-30-42(90)91/h31-40,43,87H,2-30,59-61H2,1H3,(H,77,92)(H,78,93)(H,79,94)(H,80,95)(H,81,96)(H,82,97)(H,83,99)(H,84,98)(H,85,100)(H,88,89)(H,90,91)(H4,62,63,72)(H4,64,65,73)(H4,66,67,74)(H4,68,69,75)(H4,70,71,76)/t31-,32+,33+,34+,35+,36+,37+,38+,39-,40+,43+/m1/s1. The van der Waals surface area contributed by atoms with E-state index in [1.54, 1.807) is 0 Å². The van der Waals surface area contributed by atoms with Crippen LogP contribution in [0.4, 0.5) is 0 Å². The summed E-state index contributed by atoms with van der Waals surface area (Å²) in [5.74, 6) is -13.5. The number of aliphatic hydroxyl groups is 1. The van der Waals surface area contributed by atoms with Gasteiger partial charge in [0.2, 0.25) is 59.1 Å². The van der Waals surface area contributed by atoms with Crippen LogP contribution in [0.25, 0.3) is 0 Å². The fourth-order valence-corrected chi connectivity index (χ4v) is 10.1. The zero-order chi connectivity index (χ0) is 76.1. The Kier molecular flexibility index (Phi) is 43.4. The molecule has 1 saturated heterocycles. The Morgan fingerprint density at radius 2 is 0.683 bits per heavy atom. The van der Waals surface area contributed by atoms with Crippen LogP contribution in [0.15, 0.2) is 25.0 Å². The van der Waals surface area contributed by atoms with Crippen molar-refractivity contribution in [1.82, 2.24) is 52.8 Å². The van der Waals surface area contributed by atoms with E-state index in [1.165, 1.54) is 11.8 Å². The van der Waals surface area contributed by atoms with Crippen molar-refractivity contribution in [3.63, 3.8) is 0 Å². The minimum atomic E-state index is -1.74. The second kappa shape index (κ2) is 49.4. The summed E-state index contributed by atoms with van der Waals surface area (Å²) in [6.07, 6.45) is -1.69. The van der Waals surface area contributed by atoms with Gasteiger partial charge in [0, 0.05) is 45.7 Å². The number of guanidine groups is 5. The lowest BCUT2D eigenvalue weighted by molar-refractivity contribution is -0.142. The topological polar surface area (TPSA) is 777 Å². The SMILES string of the molecule is C[C@@H](O)[C@H](N)C(=O)N1CCC[C@H]1C(=O)N[C@@H](CCCN=C(N)N)C(=O)N[C@H](CCC(=O)O)C(=O)N[C@@H](CCCN=C(N)N)C(=O)N[C@@H](CCCN=C(N)N)C(=O)N[C@@H](CCCN=C(N)N)C(=O)N[C@@H](CCCCN)C(=O)N[C@@H](CCCCN)C(=O)N[C@@H](CCCN=C(N)N)C(=O)NCC(=O)O. The molecule has 0 bridgehead atoms. The van der Waals surface area contributed by atoms with Crippen molar-refractivity contribution in [3.05, 3.63) is 0 Å². The van der Waals surface area contributed by atoms with Gasteiger partial charge in [-0.25, -0.2) is 0 Å². The number of aliphatic hydroxyl groups excluding tert-OH is 1. The molecule has 572 valence electrons. The van der Waals surface area contributed by atoms with Gasteiger partial charge in [-0.1, -0.05) is 0 Å². The van der Waals surface area contributed by atoms with E-state index in [2.05, 4.69) is 72.8 Å². The number of hydrogen-bond donors (Lipinski definition) is 25. The van der Waals surface area contributed by atoms with Gasteiger partial charge in [0.25, 0.3) is 0 Å². The average molecular weight is 1440 g/mol. The zero-order valence-corrected chi connectivity index (χ0v) is 57.3. The predicted molar refractivity (Wildman–Crippen MR) is 373 cm³/mol. The number of unbranched alkanes of at least 4 members (excludes halogenated alkanes) is 2. The molecule has 10 amide bonds. The second-order valence-corrected chi connectivity index (χ2v) is 23.8. The maximum Gasteiger partial charge on any atom is 0.322 e. The van der Waals surface area contributed by atoms with E-state index in [4.69, 9.17) is 74.5 Å². The Bertz CT molecular complexity index is 2840. The summed E-state index contributed by atoms with van der Waals surface area (Å²) in [5, 5.41) is 52.0. The molecule has 0 aromatic heterocycles. The third kappa shape index (κ3) is 38.1. The molecule has 0 saturated carbocycles. The van der Waals surface area contributed by atoms with Gasteiger partial charge in [-0.05, 0) is 142 Å². The van der Waals surface area contributed by atoms with E-state index in [0.717, 1.165) is 0 Å². The molecule has 11 atom stereocenters. The number of rotatable bonds is 52. The highest BCUT2D eigenvalue weighted by molar-refractivity contribution is 5.99. The summed E-state index contributed by atoms with van der Waals surface area (Å²) in [4.78, 5) is 186. The number of carbonyl (C=O) groups is 12. The van der Waals surface area contributed by atoms with Crippen LogP contribution in [0.3, 0.4) is 0 Å². The molecule has 43 nitrogen and oxygen atoms in total. The Labute approximate surface area is 584 Å². The van der Waals surface area contributed by atoms with Gasteiger partial charge in [0.05, 0.1) is 6.10 Å². The lowest BCUT2D eigenvalue weighted by atomic mass is 10.0. The third-order valence-corrected chi connectivity index (χ3v) is 15.4. The van der Waals surface area contributed by atoms with E-state index < -0.39 is 157 Å². The molecular weight excluding hydrogens is 1330 g/mol. The van der Waals surface area contributed by atoms with E-state index in [0.29, 0.717) is 19.3 Å². The highest BCUT2D eigenvalue weighted by Gasteiger charge is 2.40. The highest BCUT2D eigenvalue weighted by atomic mass is 16.4. The van der Waals surface area contributed by atoms with Crippen LogP contribution in [0.1, 0.15) is 135 Å². The molecule has 0 aromatic rings. The van der Waals surface area contributed by atoms with Gasteiger partial charge in [-0.3, -0.25) is 82.5 Å². The van der Waals surface area contributed by atoms with Crippen LogP contribution < -0.4 is 122 Å². The number of carboxylic acids is 2.